The molecule has 0 aliphatic carbocycles. The van der Waals surface area contributed by atoms with E-state index in [4.69, 9.17) is 0 Å². The molecule has 3 heterocycles. The van der Waals surface area contributed by atoms with E-state index in [0.717, 1.165) is 44.4 Å². The minimum absolute atomic E-state index is 0.0678. The summed E-state index contributed by atoms with van der Waals surface area (Å²) in [5, 5.41) is 5.72. The van der Waals surface area contributed by atoms with Crippen molar-refractivity contribution in [1.82, 2.24) is 14.9 Å². The zero-order valence-electron chi connectivity index (χ0n) is 20.5. The van der Waals surface area contributed by atoms with Crippen LogP contribution in [0.25, 0.3) is 11.1 Å². The number of carbonyl (C=O) groups excluding carboxylic acids is 1. The summed E-state index contributed by atoms with van der Waals surface area (Å²) >= 11 is 1.52. The Bertz CT molecular complexity index is 1360. The van der Waals surface area contributed by atoms with Crippen LogP contribution in [0.15, 0.2) is 78.4 Å². The molecule has 190 valence electrons. The molecule has 4 aromatic rings. The molecule has 5 rings (SSSR count). The van der Waals surface area contributed by atoms with E-state index < -0.39 is 5.92 Å². The van der Waals surface area contributed by atoms with Crippen LogP contribution in [0.3, 0.4) is 0 Å². The normalized spacial score (nSPS) is 15.0. The van der Waals surface area contributed by atoms with Gasteiger partial charge in [-0.1, -0.05) is 42.5 Å². The van der Waals surface area contributed by atoms with Crippen LogP contribution in [0.1, 0.15) is 52.3 Å². The van der Waals surface area contributed by atoms with Crippen LogP contribution in [0.2, 0.25) is 0 Å². The van der Waals surface area contributed by atoms with Gasteiger partial charge in [0.15, 0.2) is 0 Å². The molecule has 2 aromatic heterocycles. The number of rotatable bonds is 7. The summed E-state index contributed by atoms with van der Waals surface area (Å²) in [5.74, 6) is -2.91. The van der Waals surface area contributed by atoms with Crippen molar-refractivity contribution >= 4 is 22.9 Å². The summed E-state index contributed by atoms with van der Waals surface area (Å²) in [5.41, 5.74) is 3.38. The average molecular weight is 519 g/mol. The third-order valence-corrected chi connectivity index (χ3v) is 7.68. The first-order chi connectivity index (χ1) is 17.9. The summed E-state index contributed by atoms with van der Waals surface area (Å²) in [7, 11) is 0. The van der Waals surface area contributed by atoms with Crippen molar-refractivity contribution < 1.29 is 13.6 Å². The molecule has 5 nitrogen and oxygen atoms in total. The summed E-state index contributed by atoms with van der Waals surface area (Å²) in [6.45, 7) is 3.72. The zero-order chi connectivity index (χ0) is 25.8. The maximum absolute atomic E-state index is 13.9. The molecule has 2 aromatic carbocycles. The van der Waals surface area contributed by atoms with Gasteiger partial charge < -0.3 is 5.32 Å². The number of aromatic nitrogens is 2. The monoisotopic (exact) mass is 518 g/mol. The topological polar surface area (TPSA) is 58.1 Å². The van der Waals surface area contributed by atoms with Gasteiger partial charge in [0.1, 0.15) is 5.69 Å². The number of piperidine rings is 1. The average Bonchev–Trinajstić information content (AvgIpc) is 3.40. The van der Waals surface area contributed by atoms with Crippen LogP contribution < -0.4 is 5.32 Å². The fourth-order valence-corrected chi connectivity index (χ4v) is 5.63. The Morgan fingerprint density at radius 2 is 1.92 bits per heavy atom. The lowest BCUT2D eigenvalue weighted by Crippen LogP contribution is -2.32. The number of anilines is 1. The van der Waals surface area contributed by atoms with Crippen molar-refractivity contribution in [1.29, 1.82) is 0 Å². The number of benzene rings is 2. The number of pyridine rings is 1. The largest absolute Gasteiger partial charge is 0.320 e. The van der Waals surface area contributed by atoms with E-state index in [0.29, 0.717) is 28.4 Å². The lowest BCUT2D eigenvalue weighted by molar-refractivity contribution is 0.0175. The van der Waals surface area contributed by atoms with Gasteiger partial charge >= 0.3 is 0 Å². The minimum atomic E-state index is -2.94. The molecule has 0 bridgehead atoms. The lowest BCUT2D eigenvalue weighted by atomic mass is 9.97. The number of nitrogens with one attached hydrogen (secondary N) is 1. The fourth-order valence-electron chi connectivity index (χ4n) is 4.66. The quantitative estimate of drug-likeness (QED) is 0.288. The highest BCUT2D eigenvalue weighted by molar-refractivity contribution is 7.10. The molecule has 1 saturated heterocycles. The van der Waals surface area contributed by atoms with Crippen molar-refractivity contribution in [3.8, 4) is 11.1 Å². The summed E-state index contributed by atoms with van der Waals surface area (Å²) in [6, 6.07) is 17.5. The van der Waals surface area contributed by atoms with Crippen molar-refractivity contribution in [3.63, 3.8) is 0 Å². The van der Waals surface area contributed by atoms with Gasteiger partial charge in [-0.05, 0) is 55.3 Å². The van der Waals surface area contributed by atoms with E-state index in [9.17, 15) is 13.6 Å². The van der Waals surface area contributed by atoms with Gasteiger partial charge in [-0.2, -0.15) is 0 Å². The fraction of sp³-hybridized carbons (Fsp3) is 0.276. The van der Waals surface area contributed by atoms with Crippen LogP contribution >= 0.6 is 11.3 Å². The van der Waals surface area contributed by atoms with Gasteiger partial charge in [-0.25, -0.2) is 13.8 Å². The minimum Gasteiger partial charge on any atom is -0.320 e. The highest BCUT2D eigenvalue weighted by Gasteiger charge is 2.26. The lowest BCUT2D eigenvalue weighted by Gasteiger charge is -2.30. The van der Waals surface area contributed by atoms with Crippen molar-refractivity contribution in [2.75, 3.05) is 18.4 Å². The van der Waals surface area contributed by atoms with E-state index in [1.807, 2.05) is 30.5 Å². The van der Waals surface area contributed by atoms with Crippen molar-refractivity contribution in [2.24, 2.45) is 0 Å². The number of likely N-dealkylation sites (tertiary alicyclic amines) is 1. The summed E-state index contributed by atoms with van der Waals surface area (Å²) in [4.78, 5) is 24.4. The molecule has 1 amide bonds. The third-order valence-electron chi connectivity index (χ3n) is 6.68. The molecule has 8 heteroatoms. The first-order valence-corrected chi connectivity index (χ1v) is 13.2. The Morgan fingerprint density at radius 1 is 1.11 bits per heavy atom. The van der Waals surface area contributed by atoms with E-state index in [1.54, 1.807) is 29.8 Å². The Morgan fingerprint density at radius 3 is 2.68 bits per heavy atom. The summed E-state index contributed by atoms with van der Waals surface area (Å²) < 4.78 is 27.8. The van der Waals surface area contributed by atoms with Crippen LogP contribution in [-0.2, 0) is 12.5 Å². The molecule has 0 saturated carbocycles. The van der Waals surface area contributed by atoms with E-state index in [1.165, 1.54) is 29.0 Å². The van der Waals surface area contributed by atoms with E-state index in [2.05, 4.69) is 26.3 Å². The van der Waals surface area contributed by atoms with Crippen molar-refractivity contribution in [3.05, 3.63) is 100 Å². The maximum atomic E-state index is 13.9. The van der Waals surface area contributed by atoms with Crippen LogP contribution in [0.5, 0.6) is 0 Å². The van der Waals surface area contributed by atoms with Gasteiger partial charge in [0.25, 0.3) is 11.8 Å². The van der Waals surface area contributed by atoms with Gasteiger partial charge in [0, 0.05) is 54.0 Å². The predicted molar refractivity (Wildman–Crippen MR) is 143 cm³/mol. The molecule has 0 radical (unpaired) electrons. The maximum Gasteiger partial charge on any atom is 0.275 e. The number of halogens is 2. The van der Waals surface area contributed by atoms with Crippen LogP contribution in [0.4, 0.5) is 14.5 Å². The Balaban J connectivity index is 1.24. The molecular formula is C29H28F2N4OS. The van der Waals surface area contributed by atoms with Gasteiger partial charge in [-0.3, -0.25) is 14.7 Å². The second kappa shape index (κ2) is 10.9. The number of nitrogens with zero attached hydrogens (tertiary/aromatic N) is 3. The highest BCUT2D eigenvalue weighted by atomic mass is 32.1. The van der Waals surface area contributed by atoms with E-state index >= 15 is 0 Å². The summed E-state index contributed by atoms with van der Waals surface area (Å²) in [6.07, 6.45) is 5.69. The number of amides is 1. The standard InChI is InChI=1S/C29H28F2N4OS/c1-29(30,31)23-8-4-7-22(16-23)24-9-2-3-10-25(24)33-27(36)26-19-37-28(34-26)21-11-14-35(15-12-21)18-20-6-5-13-32-17-20/h2-10,13,16-17,19,21H,11-12,14-15,18H2,1H3,(H,33,36). The van der Waals surface area contributed by atoms with Crippen LogP contribution in [0, 0.1) is 0 Å². The molecule has 37 heavy (non-hydrogen) atoms. The van der Waals surface area contributed by atoms with Gasteiger partial charge in [0.05, 0.1) is 5.01 Å². The Labute approximate surface area is 219 Å². The van der Waals surface area contributed by atoms with Gasteiger partial charge in [-0.15, -0.1) is 11.3 Å². The smallest absolute Gasteiger partial charge is 0.275 e. The SMILES string of the molecule is CC(F)(F)c1cccc(-c2ccccc2NC(=O)c2csc(C3CCN(Cc4cccnc4)CC3)n2)c1. The van der Waals surface area contributed by atoms with Crippen LogP contribution in [-0.4, -0.2) is 33.9 Å². The number of para-hydroxylation sites is 1. The third kappa shape index (κ3) is 6.09. The zero-order valence-corrected chi connectivity index (χ0v) is 21.3. The molecule has 1 aliphatic heterocycles. The number of hydrogen-bond donors (Lipinski definition) is 1. The second-order valence-corrected chi connectivity index (χ2v) is 10.3. The molecule has 1 fully saturated rings. The molecule has 1 aliphatic rings. The Kier molecular flexibility index (Phi) is 7.39. The van der Waals surface area contributed by atoms with Crippen molar-refractivity contribution in [2.45, 2.75) is 38.2 Å². The Hall–Kier alpha value is -3.49. The number of hydrogen-bond acceptors (Lipinski definition) is 5. The predicted octanol–water partition coefficient (Wildman–Crippen LogP) is 6.95. The molecule has 0 spiro atoms. The number of thiazole rings is 1. The molecule has 0 unspecified atom stereocenters. The second-order valence-electron chi connectivity index (χ2n) is 9.45. The van der Waals surface area contributed by atoms with E-state index in [-0.39, 0.29) is 11.5 Å². The highest BCUT2D eigenvalue weighted by Crippen LogP contribution is 2.34. The number of alkyl halides is 2. The first-order valence-electron chi connectivity index (χ1n) is 12.3. The van der Waals surface area contributed by atoms with Gasteiger partial charge in [0.2, 0.25) is 0 Å². The first kappa shape index (κ1) is 25.2. The molecular weight excluding hydrogens is 490 g/mol. The molecule has 0 atom stereocenters. The number of carbonyl (C=O) groups is 1. The molecule has 1 N–H and O–H groups in total.